The number of ether oxygens (including phenoxy) is 3. The fourth-order valence-corrected chi connectivity index (χ4v) is 3.67. The van der Waals surface area contributed by atoms with Gasteiger partial charge < -0.3 is 19.2 Å². The average molecular weight is 399 g/mol. The number of H-pyrrole nitrogens is 1. The Bertz CT molecular complexity index is 958. The van der Waals surface area contributed by atoms with Crippen molar-refractivity contribution in [2.24, 2.45) is 0 Å². The minimum Gasteiger partial charge on any atom is -0.482 e. The molecule has 1 aliphatic rings. The molecule has 1 aromatic heterocycles. The van der Waals surface area contributed by atoms with E-state index in [2.05, 4.69) is 4.98 Å². The van der Waals surface area contributed by atoms with Crippen LogP contribution in [0.5, 0.6) is 5.75 Å². The van der Waals surface area contributed by atoms with Gasteiger partial charge in [0.25, 0.3) is 0 Å². The second-order valence-corrected chi connectivity index (χ2v) is 7.19. The van der Waals surface area contributed by atoms with E-state index >= 15 is 0 Å². The van der Waals surface area contributed by atoms with E-state index in [1.54, 1.807) is 13.8 Å². The monoisotopic (exact) mass is 399 g/mol. The molecular weight excluding hydrogens is 374 g/mol. The van der Waals surface area contributed by atoms with Gasteiger partial charge in [-0.15, -0.1) is 0 Å². The van der Waals surface area contributed by atoms with E-state index in [1.165, 1.54) is 25.2 Å². The first kappa shape index (κ1) is 20.6. The molecule has 2 aromatic rings. The Balaban J connectivity index is 1.59. The van der Waals surface area contributed by atoms with Crippen LogP contribution in [0.2, 0.25) is 0 Å². The van der Waals surface area contributed by atoms with Gasteiger partial charge >= 0.3 is 11.9 Å². The zero-order valence-electron chi connectivity index (χ0n) is 17.1. The van der Waals surface area contributed by atoms with Gasteiger partial charge in [0.1, 0.15) is 5.75 Å². The van der Waals surface area contributed by atoms with Crippen LogP contribution in [0.25, 0.3) is 0 Å². The minimum atomic E-state index is -1.02. The Morgan fingerprint density at radius 1 is 1.14 bits per heavy atom. The van der Waals surface area contributed by atoms with Gasteiger partial charge in [-0.05, 0) is 68.9 Å². The molecule has 3 rings (SSSR count). The number of carbonyl (C=O) groups excluding carboxylic acids is 3. The van der Waals surface area contributed by atoms with E-state index < -0.39 is 23.8 Å². The number of methoxy groups -OCH3 is 1. The van der Waals surface area contributed by atoms with Crippen LogP contribution in [0.1, 0.15) is 56.6 Å². The molecule has 0 bridgehead atoms. The van der Waals surface area contributed by atoms with E-state index in [0.29, 0.717) is 22.6 Å². The molecule has 7 heteroatoms. The largest absolute Gasteiger partial charge is 0.482 e. The average Bonchev–Trinajstić information content (AvgIpc) is 3.28. The Morgan fingerprint density at radius 3 is 2.59 bits per heavy atom. The molecule has 7 nitrogen and oxygen atoms in total. The van der Waals surface area contributed by atoms with Gasteiger partial charge in [0.2, 0.25) is 5.78 Å². The van der Waals surface area contributed by atoms with Crippen LogP contribution in [0.15, 0.2) is 18.2 Å². The fraction of sp³-hybridized carbons (Fsp3) is 0.409. The third kappa shape index (κ3) is 4.34. The summed E-state index contributed by atoms with van der Waals surface area (Å²) in [7, 11) is 1.28. The van der Waals surface area contributed by atoms with Crippen molar-refractivity contribution in [2.75, 3.05) is 13.7 Å². The van der Waals surface area contributed by atoms with Crippen molar-refractivity contribution in [2.45, 2.75) is 46.1 Å². The van der Waals surface area contributed by atoms with Gasteiger partial charge in [0.15, 0.2) is 12.7 Å². The molecule has 1 N–H and O–H groups in total. The lowest BCUT2D eigenvalue weighted by molar-refractivity contribution is -0.148. The fourth-order valence-electron chi connectivity index (χ4n) is 3.67. The maximum Gasteiger partial charge on any atom is 0.344 e. The van der Waals surface area contributed by atoms with E-state index in [0.717, 1.165) is 19.3 Å². The zero-order valence-corrected chi connectivity index (χ0v) is 17.1. The van der Waals surface area contributed by atoms with Crippen molar-refractivity contribution in [1.82, 2.24) is 4.98 Å². The number of hydrogen-bond acceptors (Lipinski definition) is 6. The summed E-state index contributed by atoms with van der Waals surface area (Å²) in [5, 5.41) is 0. The highest BCUT2D eigenvalue weighted by Gasteiger charge is 2.27. The van der Waals surface area contributed by atoms with Crippen molar-refractivity contribution in [3.05, 3.63) is 51.8 Å². The van der Waals surface area contributed by atoms with Crippen LogP contribution >= 0.6 is 0 Å². The molecule has 0 radical (unpaired) electrons. The molecule has 1 unspecified atom stereocenters. The number of carbonyl (C=O) groups is 3. The number of Topliss-reactive ketones (excluding diaryl/α,β-unsaturated/α-hetero) is 1. The summed E-state index contributed by atoms with van der Waals surface area (Å²) in [4.78, 5) is 39.6. The second kappa shape index (κ2) is 8.51. The summed E-state index contributed by atoms with van der Waals surface area (Å²) in [6.45, 7) is 4.53. The highest BCUT2D eigenvalue weighted by Crippen LogP contribution is 2.26. The van der Waals surface area contributed by atoms with E-state index in [4.69, 9.17) is 14.2 Å². The highest BCUT2D eigenvalue weighted by atomic mass is 16.6. The van der Waals surface area contributed by atoms with Crippen LogP contribution in [-0.2, 0) is 27.1 Å². The van der Waals surface area contributed by atoms with Gasteiger partial charge in [0, 0.05) is 5.69 Å². The molecule has 1 heterocycles. The summed E-state index contributed by atoms with van der Waals surface area (Å²) in [5.41, 5.74) is 4.10. The summed E-state index contributed by atoms with van der Waals surface area (Å²) in [6.07, 6.45) is 2.21. The van der Waals surface area contributed by atoms with Crippen LogP contribution in [0, 0.1) is 13.8 Å². The molecular formula is C22H25NO6. The van der Waals surface area contributed by atoms with Crippen molar-refractivity contribution >= 4 is 17.7 Å². The molecule has 0 spiro atoms. The molecule has 0 aliphatic heterocycles. The summed E-state index contributed by atoms with van der Waals surface area (Å²) < 4.78 is 15.5. The number of ketones is 1. The first-order valence-electron chi connectivity index (χ1n) is 9.57. The maximum absolute atomic E-state index is 12.7. The van der Waals surface area contributed by atoms with Crippen LogP contribution in [-0.4, -0.2) is 42.5 Å². The molecule has 0 amide bonds. The van der Waals surface area contributed by atoms with Crippen LogP contribution in [0.4, 0.5) is 0 Å². The number of aromatic nitrogens is 1. The molecule has 0 saturated heterocycles. The number of fused-ring (bicyclic) bond motifs is 1. The van der Waals surface area contributed by atoms with Crippen LogP contribution in [0.3, 0.4) is 0 Å². The Labute approximate surface area is 169 Å². The lowest BCUT2D eigenvalue weighted by Crippen LogP contribution is -2.28. The van der Waals surface area contributed by atoms with E-state index in [1.807, 2.05) is 18.2 Å². The molecule has 1 aromatic carbocycles. The summed E-state index contributed by atoms with van der Waals surface area (Å²) in [5.74, 6) is -0.977. The molecule has 0 fully saturated rings. The highest BCUT2D eigenvalue weighted by molar-refractivity contribution is 6.03. The van der Waals surface area contributed by atoms with Crippen molar-refractivity contribution in [3.63, 3.8) is 0 Å². The zero-order chi connectivity index (χ0) is 21.1. The molecule has 1 aliphatic carbocycles. The minimum absolute atomic E-state index is 0.225. The first-order valence-corrected chi connectivity index (χ1v) is 9.57. The Morgan fingerprint density at radius 2 is 1.86 bits per heavy atom. The first-order chi connectivity index (χ1) is 13.8. The molecule has 1 atom stereocenters. The lowest BCUT2D eigenvalue weighted by Gasteiger charge is -2.13. The van der Waals surface area contributed by atoms with Gasteiger partial charge in [-0.3, -0.25) is 4.79 Å². The van der Waals surface area contributed by atoms with Crippen molar-refractivity contribution in [3.8, 4) is 5.75 Å². The summed E-state index contributed by atoms with van der Waals surface area (Å²) in [6, 6.07) is 5.80. The normalized spacial score (nSPS) is 13.5. The van der Waals surface area contributed by atoms with Gasteiger partial charge in [-0.1, -0.05) is 6.07 Å². The van der Waals surface area contributed by atoms with Gasteiger partial charge in [-0.2, -0.15) is 0 Å². The third-order valence-corrected chi connectivity index (χ3v) is 5.18. The topological polar surface area (TPSA) is 94.7 Å². The smallest absolute Gasteiger partial charge is 0.344 e. The van der Waals surface area contributed by atoms with Crippen LogP contribution < -0.4 is 4.74 Å². The number of nitrogens with one attached hydrogen (secondary N) is 1. The number of hydrogen-bond donors (Lipinski definition) is 1. The predicted molar refractivity (Wildman–Crippen MR) is 105 cm³/mol. The number of aromatic amines is 1. The second-order valence-electron chi connectivity index (χ2n) is 7.19. The standard InChI is InChI=1S/C22H25NO6/c1-12-19(22(26)27-4)13(2)23-20(12)21(25)14(3)29-18(24)11-28-17-9-8-15-6-5-7-16(15)10-17/h8-10,14,23H,5-7,11H2,1-4H3. The predicted octanol–water partition coefficient (Wildman–Crippen LogP) is 3.10. The van der Waals surface area contributed by atoms with E-state index in [-0.39, 0.29) is 12.3 Å². The van der Waals surface area contributed by atoms with Crippen molar-refractivity contribution < 1.29 is 28.6 Å². The molecule has 154 valence electrons. The quantitative estimate of drug-likeness (QED) is 0.568. The number of aryl methyl sites for hydroxylation is 3. The molecule has 0 saturated carbocycles. The van der Waals surface area contributed by atoms with E-state index in [9.17, 15) is 14.4 Å². The third-order valence-electron chi connectivity index (χ3n) is 5.18. The molecule has 29 heavy (non-hydrogen) atoms. The van der Waals surface area contributed by atoms with Gasteiger partial charge in [0.05, 0.1) is 18.4 Å². The maximum atomic E-state index is 12.7. The Kier molecular flexibility index (Phi) is 6.06. The SMILES string of the molecule is COC(=O)c1c(C)[nH]c(C(=O)C(C)OC(=O)COc2ccc3c(c2)CCC3)c1C. The number of rotatable bonds is 7. The number of benzene rings is 1. The Hall–Kier alpha value is -3.09. The van der Waals surface area contributed by atoms with Crippen molar-refractivity contribution in [1.29, 1.82) is 0 Å². The lowest BCUT2D eigenvalue weighted by atomic mass is 10.1. The summed E-state index contributed by atoms with van der Waals surface area (Å²) >= 11 is 0. The number of esters is 2. The van der Waals surface area contributed by atoms with Gasteiger partial charge in [-0.25, -0.2) is 9.59 Å².